The van der Waals surface area contributed by atoms with Crippen molar-refractivity contribution in [3.05, 3.63) is 83.9 Å². The average Bonchev–Trinajstić information content (AvgIpc) is 2.70. The predicted octanol–water partition coefficient (Wildman–Crippen LogP) is 3.73. The molecule has 2 aromatic carbocycles. The van der Waals surface area contributed by atoms with Crippen molar-refractivity contribution in [1.29, 1.82) is 0 Å². The molecule has 0 aliphatic carbocycles. The Kier molecular flexibility index (Phi) is 5.41. The third-order valence-electron chi connectivity index (χ3n) is 3.68. The number of ether oxygens (including phenoxy) is 1. The van der Waals surface area contributed by atoms with E-state index in [0.29, 0.717) is 17.1 Å². The lowest BCUT2D eigenvalue weighted by Crippen LogP contribution is -2.17. The van der Waals surface area contributed by atoms with Crippen LogP contribution in [0.25, 0.3) is 0 Å². The van der Waals surface area contributed by atoms with Gasteiger partial charge in [0.05, 0.1) is 7.11 Å². The van der Waals surface area contributed by atoms with Gasteiger partial charge in [-0.2, -0.15) is 0 Å². The zero-order chi connectivity index (χ0) is 19.2. The lowest BCUT2D eigenvalue weighted by Gasteiger charge is -2.08. The minimum Gasteiger partial charge on any atom is -0.497 e. The van der Waals surface area contributed by atoms with E-state index in [9.17, 15) is 14.0 Å². The van der Waals surface area contributed by atoms with E-state index in [0.717, 1.165) is 0 Å². The molecule has 3 rings (SSSR count). The highest BCUT2D eigenvalue weighted by molar-refractivity contribution is 6.07. The number of amides is 2. The number of carbonyl (C=O) groups is 2. The predicted molar refractivity (Wildman–Crippen MR) is 99.5 cm³/mol. The maximum atomic E-state index is 12.9. The van der Waals surface area contributed by atoms with E-state index >= 15 is 0 Å². The molecule has 1 heterocycles. The van der Waals surface area contributed by atoms with Crippen molar-refractivity contribution < 1.29 is 18.7 Å². The van der Waals surface area contributed by atoms with E-state index in [1.165, 1.54) is 49.7 Å². The number of halogens is 1. The summed E-state index contributed by atoms with van der Waals surface area (Å²) in [6, 6.07) is 15.2. The van der Waals surface area contributed by atoms with Crippen LogP contribution in [-0.4, -0.2) is 23.9 Å². The Bertz CT molecular complexity index is 974. The molecule has 0 spiro atoms. The molecule has 3 aromatic rings. The van der Waals surface area contributed by atoms with Crippen molar-refractivity contribution >= 4 is 23.2 Å². The van der Waals surface area contributed by atoms with Gasteiger partial charge in [0.2, 0.25) is 0 Å². The summed E-state index contributed by atoms with van der Waals surface area (Å²) in [5, 5.41) is 5.33. The fourth-order valence-corrected chi connectivity index (χ4v) is 2.33. The number of pyridine rings is 1. The first-order valence-electron chi connectivity index (χ1n) is 8.03. The number of hydrogen-bond donors (Lipinski definition) is 2. The van der Waals surface area contributed by atoms with Crippen LogP contribution in [0.5, 0.6) is 5.75 Å². The number of benzene rings is 2. The molecule has 0 saturated heterocycles. The Hall–Kier alpha value is -3.74. The molecule has 0 atom stereocenters. The molecule has 2 amide bonds. The quantitative estimate of drug-likeness (QED) is 0.722. The Labute approximate surface area is 155 Å². The van der Waals surface area contributed by atoms with Gasteiger partial charge in [0.25, 0.3) is 11.8 Å². The first kappa shape index (κ1) is 18.1. The van der Waals surface area contributed by atoms with Gasteiger partial charge in [-0.1, -0.05) is 6.07 Å². The Morgan fingerprint density at radius 1 is 0.926 bits per heavy atom. The Morgan fingerprint density at radius 2 is 1.67 bits per heavy atom. The zero-order valence-corrected chi connectivity index (χ0v) is 14.4. The summed E-state index contributed by atoms with van der Waals surface area (Å²) in [6.07, 6.45) is 1.38. The van der Waals surface area contributed by atoms with Gasteiger partial charge in [-0.15, -0.1) is 0 Å². The van der Waals surface area contributed by atoms with Crippen molar-refractivity contribution in [3.8, 4) is 5.75 Å². The van der Waals surface area contributed by atoms with Crippen LogP contribution in [0.3, 0.4) is 0 Å². The maximum absolute atomic E-state index is 12.9. The molecule has 0 radical (unpaired) electrons. The molecule has 7 heteroatoms. The lowest BCUT2D eigenvalue weighted by molar-refractivity contribution is 0.102. The molecule has 27 heavy (non-hydrogen) atoms. The highest BCUT2D eigenvalue weighted by Crippen LogP contribution is 2.18. The van der Waals surface area contributed by atoms with Crippen LogP contribution in [0.15, 0.2) is 66.9 Å². The van der Waals surface area contributed by atoms with Gasteiger partial charge in [-0.05, 0) is 48.5 Å². The van der Waals surface area contributed by atoms with Crippen molar-refractivity contribution in [1.82, 2.24) is 4.98 Å². The van der Waals surface area contributed by atoms with Crippen molar-refractivity contribution in [2.24, 2.45) is 0 Å². The standard InChI is InChI=1S/C20H16FN3O3/c1-27-17-4-2-3-16(12-17)24-19(25)13-9-10-22-18(11-13)20(26)23-15-7-5-14(21)6-8-15/h2-12H,1H3,(H,23,26)(H,24,25). The van der Waals surface area contributed by atoms with Crippen molar-refractivity contribution in [2.45, 2.75) is 0 Å². The summed E-state index contributed by atoms with van der Waals surface area (Å²) in [5.74, 6) is -0.677. The van der Waals surface area contributed by atoms with E-state index < -0.39 is 11.7 Å². The van der Waals surface area contributed by atoms with E-state index in [4.69, 9.17) is 4.74 Å². The number of methoxy groups -OCH3 is 1. The molecule has 136 valence electrons. The number of nitrogens with one attached hydrogen (secondary N) is 2. The largest absolute Gasteiger partial charge is 0.497 e. The van der Waals surface area contributed by atoms with Gasteiger partial charge < -0.3 is 15.4 Å². The molecule has 0 aliphatic heterocycles. The van der Waals surface area contributed by atoms with Gasteiger partial charge in [-0.25, -0.2) is 4.39 Å². The van der Waals surface area contributed by atoms with Crippen LogP contribution in [0.4, 0.5) is 15.8 Å². The summed E-state index contributed by atoms with van der Waals surface area (Å²) in [4.78, 5) is 28.7. The van der Waals surface area contributed by atoms with Crippen LogP contribution in [0, 0.1) is 5.82 Å². The number of anilines is 2. The molecule has 0 saturated carbocycles. The summed E-state index contributed by atoms with van der Waals surface area (Å²) in [5.41, 5.74) is 1.33. The molecule has 2 N–H and O–H groups in total. The van der Waals surface area contributed by atoms with Gasteiger partial charge in [0.15, 0.2) is 0 Å². The summed E-state index contributed by atoms with van der Waals surface area (Å²) in [6.45, 7) is 0. The molecule has 0 bridgehead atoms. The van der Waals surface area contributed by atoms with Crippen LogP contribution >= 0.6 is 0 Å². The van der Waals surface area contributed by atoms with E-state index in [2.05, 4.69) is 15.6 Å². The highest BCUT2D eigenvalue weighted by atomic mass is 19.1. The summed E-state index contributed by atoms with van der Waals surface area (Å²) >= 11 is 0. The third-order valence-corrected chi connectivity index (χ3v) is 3.68. The Balaban J connectivity index is 1.73. The fraction of sp³-hybridized carbons (Fsp3) is 0.0500. The first-order valence-corrected chi connectivity index (χ1v) is 8.03. The fourth-order valence-electron chi connectivity index (χ4n) is 2.33. The van der Waals surface area contributed by atoms with E-state index in [1.807, 2.05) is 0 Å². The second kappa shape index (κ2) is 8.09. The normalized spacial score (nSPS) is 10.1. The zero-order valence-electron chi connectivity index (χ0n) is 14.4. The number of hydrogen-bond acceptors (Lipinski definition) is 4. The van der Waals surface area contributed by atoms with Crippen LogP contribution in [-0.2, 0) is 0 Å². The SMILES string of the molecule is COc1cccc(NC(=O)c2ccnc(C(=O)Nc3ccc(F)cc3)c2)c1. The summed E-state index contributed by atoms with van der Waals surface area (Å²) in [7, 11) is 1.54. The number of rotatable bonds is 5. The minimum absolute atomic E-state index is 0.0672. The molecule has 1 aromatic heterocycles. The minimum atomic E-state index is -0.502. The molecule has 0 unspecified atom stereocenters. The van der Waals surface area contributed by atoms with Crippen molar-refractivity contribution in [2.75, 3.05) is 17.7 Å². The number of carbonyl (C=O) groups excluding carboxylic acids is 2. The van der Waals surface area contributed by atoms with Crippen molar-refractivity contribution in [3.63, 3.8) is 0 Å². The monoisotopic (exact) mass is 365 g/mol. The second-order valence-corrected chi connectivity index (χ2v) is 5.58. The molecular weight excluding hydrogens is 349 g/mol. The third kappa shape index (κ3) is 4.66. The van der Waals surface area contributed by atoms with Crippen LogP contribution < -0.4 is 15.4 Å². The first-order chi connectivity index (χ1) is 13.0. The van der Waals surface area contributed by atoms with E-state index in [1.54, 1.807) is 24.3 Å². The molecule has 0 fully saturated rings. The van der Waals surface area contributed by atoms with E-state index in [-0.39, 0.29) is 17.2 Å². The molecule has 0 aliphatic rings. The molecule has 6 nitrogen and oxygen atoms in total. The topological polar surface area (TPSA) is 80.3 Å². The highest BCUT2D eigenvalue weighted by Gasteiger charge is 2.13. The van der Waals surface area contributed by atoms with Gasteiger partial charge in [0, 0.05) is 29.2 Å². The van der Waals surface area contributed by atoms with Crippen LogP contribution in [0.2, 0.25) is 0 Å². The van der Waals surface area contributed by atoms with Gasteiger partial charge in [-0.3, -0.25) is 14.6 Å². The Morgan fingerprint density at radius 3 is 2.41 bits per heavy atom. The maximum Gasteiger partial charge on any atom is 0.274 e. The average molecular weight is 365 g/mol. The molecular formula is C20H16FN3O3. The number of nitrogens with zero attached hydrogens (tertiary/aromatic N) is 1. The van der Waals surface area contributed by atoms with Crippen LogP contribution in [0.1, 0.15) is 20.8 Å². The number of aromatic nitrogens is 1. The van der Waals surface area contributed by atoms with Gasteiger partial charge >= 0.3 is 0 Å². The summed E-state index contributed by atoms with van der Waals surface area (Å²) < 4.78 is 18.1. The smallest absolute Gasteiger partial charge is 0.274 e. The lowest BCUT2D eigenvalue weighted by atomic mass is 10.2. The second-order valence-electron chi connectivity index (χ2n) is 5.58. The van der Waals surface area contributed by atoms with Gasteiger partial charge in [0.1, 0.15) is 17.3 Å².